The maximum absolute atomic E-state index is 12.2. The van der Waals surface area contributed by atoms with E-state index < -0.39 is 35.2 Å². The number of carbonyl (C=O) groups is 4. The van der Waals surface area contributed by atoms with Crippen LogP contribution in [0, 0.1) is 11.3 Å². The molecule has 1 atom stereocenters. The van der Waals surface area contributed by atoms with Crippen molar-refractivity contribution in [3.05, 3.63) is 0 Å². The molecule has 1 saturated carbocycles. The molecule has 1 aliphatic heterocycles. The Morgan fingerprint density at radius 2 is 1.89 bits per heavy atom. The maximum atomic E-state index is 12.2. The summed E-state index contributed by atoms with van der Waals surface area (Å²) in [4.78, 5) is 47.8. The van der Waals surface area contributed by atoms with Crippen LogP contribution in [0.2, 0.25) is 0 Å². The lowest BCUT2D eigenvalue weighted by Gasteiger charge is -2.36. The molecule has 1 aliphatic carbocycles. The summed E-state index contributed by atoms with van der Waals surface area (Å²) in [5.74, 6) is -2.23. The lowest BCUT2D eigenvalue weighted by atomic mass is 9.96. The summed E-state index contributed by atoms with van der Waals surface area (Å²) in [7, 11) is 0. The Kier molecular flexibility index (Phi) is 2.64. The van der Waals surface area contributed by atoms with E-state index in [0.29, 0.717) is 12.8 Å². The molecule has 1 saturated heterocycles. The number of imide groups is 2. The number of urea groups is 1. The Hall–Kier alpha value is -1.92. The van der Waals surface area contributed by atoms with Crippen LogP contribution in [-0.4, -0.2) is 34.7 Å². The Balaban J connectivity index is 2.37. The van der Waals surface area contributed by atoms with Crippen LogP contribution in [0.3, 0.4) is 0 Å². The average molecular weight is 253 g/mol. The molecular formula is C11H15N3O4. The van der Waals surface area contributed by atoms with Gasteiger partial charge in [0, 0.05) is 0 Å². The van der Waals surface area contributed by atoms with Crippen molar-refractivity contribution in [3.8, 4) is 0 Å². The fourth-order valence-electron chi connectivity index (χ4n) is 2.27. The lowest BCUT2D eigenvalue weighted by Crippen LogP contribution is -2.65. The van der Waals surface area contributed by atoms with Gasteiger partial charge >= 0.3 is 6.03 Å². The Morgan fingerprint density at radius 3 is 2.28 bits per heavy atom. The highest BCUT2D eigenvalue weighted by Gasteiger charge is 2.63. The fourth-order valence-corrected chi connectivity index (χ4v) is 2.27. The van der Waals surface area contributed by atoms with Crippen molar-refractivity contribution < 1.29 is 19.2 Å². The molecule has 5 amide bonds. The SMILES string of the molecule is CC(C)C(C(N)=O)N1C(=O)NC(=O)C2(CC2)C1=O. The number of nitrogens with two attached hydrogens (primary N) is 1. The van der Waals surface area contributed by atoms with Crippen LogP contribution >= 0.6 is 0 Å². The van der Waals surface area contributed by atoms with Crippen molar-refractivity contribution in [2.75, 3.05) is 0 Å². The third kappa shape index (κ3) is 1.58. The minimum absolute atomic E-state index is 0.304. The Labute approximate surface area is 104 Å². The summed E-state index contributed by atoms with van der Waals surface area (Å²) in [6.45, 7) is 3.37. The van der Waals surface area contributed by atoms with E-state index in [4.69, 9.17) is 5.73 Å². The first-order valence-electron chi connectivity index (χ1n) is 5.79. The van der Waals surface area contributed by atoms with E-state index >= 15 is 0 Å². The number of nitrogens with one attached hydrogen (secondary N) is 1. The van der Waals surface area contributed by atoms with Crippen molar-refractivity contribution in [1.82, 2.24) is 10.2 Å². The van der Waals surface area contributed by atoms with Gasteiger partial charge in [0.2, 0.25) is 17.7 Å². The van der Waals surface area contributed by atoms with E-state index in [1.165, 1.54) is 0 Å². The van der Waals surface area contributed by atoms with Gasteiger partial charge in [-0.1, -0.05) is 13.8 Å². The third-order valence-electron chi connectivity index (χ3n) is 3.45. The standard InChI is InChI=1S/C11H15N3O4/c1-5(2)6(7(12)15)14-9(17)11(3-4-11)8(16)13-10(14)18/h5-6H,3-4H2,1-2H3,(H2,12,15)(H,13,16,18). The first-order chi connectivity index (χ1) is 8.31. The molecule has 98 valence electrons. The molecule has 2 fully saturated rings. The summed E-state index contributed by atoms with van der Waals surface area (Å²) in [6, 6.07) is -1.89. The van der Waals surface area contributed by atoms with Crippen LogP contribution in [0.25, 0.3) is 0 Å². The number of barbiturate groups is 1. The fraction of sp³-hybridized carbons (Fsp3) is 0.636. The summed E-state index contributed by atoms with van der Waals surface area (Å²) in [5.41, 5.74) is 4.10. The third-order valence-corrected chi connectivity index (χ3v) is 3.45. The molecule has 0 radical (unpaired) electrons. The second-order valence-corrected chi connectivity index (χ2v) is 5.11. The van der Waals surface area contributed by atoms with Gasteiger partial charge in [0.25, 0.3) is 0 Å². The normalized spacial score (nSPS) is 23.3. The molecule has 7 heteroatoms. The van der Waals surface area contributed by atoms with Gasteiger partial charge in [-0.05, 0) is 18.8 Å². The van der Waals surface area contributed by atoms with Crippen molar-refractivity contribution in [3.63, 3.8) is 0 Å². The first kappa shape index (κ1) is 12.5. The number of hydrogen-bond acceptors (Lipinski definition) is 4. The molecule has 0 aromatic heterocycles. The highest BCUT2D eigenvalue weighted by molar-refractivity contribution is 6.22. The summed E-state index contributed by atoms with van der Waals surface area (Å²) >= 11 is 0. The Bertz CT molecular complexity index is 453. The predicted octanol–water partition coefficient (Wildman–Crippen LogP) is -0.645. The zero-order valence-electron chi connectivity index (χ0n) is 10.2. The van der Waals surface area contributed by atoms with Crippen LogP contribution in [0.4, 0.5) is 4.79 Å². The van der Waals surface area contributed by atoms with Gasteiger partial charge in [0.05, 0.1) is 0 Å². The highest BCUT2D eigenvalue weighted by Crippen LogP contribution is 2.49. The molecule has 18 heavy (non-hydrogen) atoms. The molecule has 1 unspecified atom stereocenters. The van der Waals surface area contributed by atoms with Gasteiger partial charge in [-0.15, -0.1) is 0 Å². The second-order valence-electron chi connectivity index (χ2n) is 5.11. The van der Waals surface area contributed by atoms with Crippen LogP contribution in [0.15, 0.2) is 0 Å². The van der Waals surface area contributed by atoms with Crippen molar-refractivity contribution in [2.24, 2.45) is 17.1 Å². The molecule has 2 rings (SSSR count). The van der Waals surface area contributed by atoms with Gasteiger partial charge in [0.15, 0.2) is 0 Å². The second kappa shape index (κ2) is 3.79. The Morgan fingerprint density at radius 1 is 1.33 bits per heavy atom. The molecule has 7 nitrogen and oxygen atoms in total. The molecule has 1 spiro atoms. The van der Waals surface area contributed by atoms with Gasteiger partial charge in [0.1, 0.15) is 11.5 Å². The van der Waals surface area contributed by atoms with Crippen LogP contribution in [0.5, 0.6) is 0 Å². The average Bonchev–Trinajstić information content (AvgIpc) is 3.02. The number of amides is 5. The van der Waals surface area contributed by atoms with E-state index in [-0.39, 0.29) is 5.92 Å². The number of primary amides is 1. The number of nitrogens with zero attached hydrogens (tertiary/aromatic N) is 1. The zero-order chi connectivity index (χ0) is 13.7. The van der Waals surface area contributed by atoms with Crippen LogP contribution < -0.4 is 11.1 Å². The van der Waals surface area contributed by atoms with E-state index in [2.05, 4.69) is 5.32 Å². The molecular weight excluding hydrogens is 238 g/mol. The monoisotopic (exact) mass is 253 g/mol. The minimum atomic E-state index is -1.14. The smallest absolute Gasteiger partial charge is 0.331 e. The zero-order valence-corrected chi connectivity index (χ0v) is 10.2. The van der Waals surface area contributed by atoms with E-state index in [1.807, 2.05) is 0 Å². The number of hydrogen-bond donors (Lipinski definition) is 2. The minimum Gasteiger partial charge on any atom is -0.368 e. The molecule has 0 bridgehead atoms. The number of carbonyl (C=O) groups excluding carboxylic acids is 4. The van der Waals surface area contributed by atoms with Gasteiger partial charge in [-0.2, -0.15) is 0 Å². The molecule has 3 N–H and O–H groups in total. The van der Waals surface area contributed by atoms with Gasteiger partial charge < -0.3 is 5.73 Å². The van der Waals surface area contributed by atoms with Gasteiger partial charge in [-0.3, -0.25) is 24.6 Å². The van der Waals surface area contributed by atoms with Gasteiger partial charge in [-0.25, -0.2) is 4.79 Å². The van der Waals surface area contributed by atoms with E-state index in [0.717, 1.165) is 4.90 Å². The highest BCUT2D eigenvalue weighted by atomic mass is 16.2. The lowest BCUT2D eigenvalue weighted by molar-refractivity contribution is -0.149. The summed E-state index contributed by atoms with van der Waals surface area (Å²) in [6.07, 6.45) is 0.816. The van der Waals surface area contributed by atoms with Crippen molar-refractivity contribution in [2.45, 2.75) is 32.7 Å². The number of rotatable bonds is 3. The quantitative estimate of drug-likeness (QED) is 0.651. The molecule has 1 heterocycles. The molecule has 2 aliphatic rings. The molecule has 0 aromatic carbocycles. The van der Waals surface area contributed by atoms with E-state index in [1.54, 1.807) is 13.8 Å². The maximum Gasteiger partial charge on any atom is 0.331 e. The van der Waals surface area contributed by atoms with Crippen LogP contribution in [0.1, 0.15) is 26.7 Å². The van der Waals surface area contributed by atoms with Crippen LogP contribution in [-0.2, 0) is 14.4 Å². The van der Waals surface area contributed by atoms with E-state index in [9.17, 15) is 19.2 Å². The summed E-state index contributed by atoms with van der Waals surface area (Å²) < 4.78 is 0. The predicted molar refractivity (Wildman–Crippen MR) is 59.9 cm³/mol. The first-order valence-corrected chi connectivity index (χ1v) is 5.79. The van der Waals surface area contributed by atoms with Crippen molar-refractivity contribution in [1.29, 1.82) is 0 Å². The van der Waals surface area contributed by atoms with Crippen molar-refractivity contribution >= 4 is 23.8 Å². The molecule has 0 aromatic rings. The largest absolute Gasteiger partial charge is 0.368 e. The summed E-state index contributed by atoms with van der Waals surface area (Å²) in [5, 5.41) is 2.12. The topological polar surface area (TPSA) is 110 Å².